The van der Waals surface area contributed by atoms with E-state index in [1.165, 1.54) is 29.2 Å². The van der Waals surface area contributed by atoms with Gasteiger partial charge in [-0.15, -0.1) is 0 Å². The van der Waals surface area contributed by atoms with E-state index in [4.69, 9.17) is 11.6 Å². The lowest BCUT2D eigenvalue weighted by molar-refractivity contribution is -0.143. The van der Waals surface area contributed by atoms with Gasteiger partial charge in [-0.25, -0.2) is 9.29 Å². The number of carbonyl (C=O) groups is 3. The SMILES string of the molecule is O=C1CC(N(Cc2ccccc2Cl)C(=O)C2CCCCC2)C(=O)N1c1ccc(F)cc1. The molecule has 0 spiro atoms. The fourth-order valence-electron chi connectivity index (χ4n) is 4.46. The summed E-state index contributed by atoms with van der Waals surface area (Å²) in [5.41, 5.74) is 1.04. The van der Waals surface area contributed by atoms with Crippen molar-refractivity contribution in [3.8, 4) is 0 Å². The molecular weight excluding hydrogens is 419 g/mol. The highest BCUT2D eigenvalue weighted by Gasteiger charge is 2.45. The van der Waals surface area contributed by atoms with E-state index in [1.807, 2.05) is 12.1 Å². The topological polar surface area (TPSA) is 57.7 Å². The Morgan fingerprint density at radius 1 is 1.03 bits per heavy atom. The molecule has 0 bridgehead atoms. The van der Waals surface area contributed by atoms with Crippen LogP contribution < -0.4 is 4.90 Å². The molecule has 5 nitrogen and oxygen atoms in total. The van der Waals surface area contributed by atoms with Gasteiger partial charge in [0.2, 0.25) is 11.8 Å². The summed E-state index contributed by atoms with van der Waals surface area (Å²) in [6, 6.07) is 11.5. The number of anilines is 1. The Kier molecular flexibility index (Phi) is 6.37. The van der Waals surface area contributed by atoms with Crippen molar-refractivity contribution in [3.05, 3.63) is 64.9 Å². The molecule has 0 aromatic heterocycles. The molecule has 0 radical (unpaired) electrons. The van der Waals surface area contributed by atoms with Crippen molar-refractivity contribution >= 4 is 35.0 Å². The lowest BCUT2D eigenvalue weighted by Gasteiger charge is -2.33. The van der Waals surface area contributed by atoms with Crippen LogP contribution >= 0.6 is 11.6 Å². The van der Waals surface area contributed by atoms with E-state index in [1.54, 1.807) is 12.1 Å². The molecule has 3 amide bonds. The van der Waals surface area contributed by atoms with Crippen LogP contribution in [0.2, 0.25) is 5.02 Å². The number of nitrogens with zero attached hydrogens (tertiary/aromatic N) is 2. The Labute approximate surface area is 185 Å². The highest BCUT2D eigenvalue weighted by Crippen LogP contribution is 2.32. The van der Waals surface area contributed by atoms with Gasteiger partial charge in [0.1, 0.15) is 11.9 Å². The number of carbonyl (C=O) groups excluding carboxylic acids is 3. The molecule has 1 atom stereocenters. The first-order chi connectivity index (χ1) is 15.0. The second-order valence-electron chi connectivity index (χ2n) is 8.16. The summed E-state index contributed by atoms with van der Waals surface area (Å²) in [5, 5.41) is 0.510. The summed E-state index contributed by atoms with van der Waals surface area (Å²) in [6.07, 6.45) is 4.54. The molecule has 1 saturated heterocycles. The minimum absolute atomic E-state index is 0.0981. The number of halogens is 2. The normalized spacial score (nSPS) is 19.7. The maximum atomic E-state index is 13.5. The fraction of sp³-hybridized carbons (Fsp3) is 0.375. The average molecular weight is 443 g/mol. The lowest BCUT2D eigenvalue weighted by Crippen LogP contribution is -2.47. The third-order valence-electron chi connectivity index (χ3n) is 6.12. The van der Waals surface area contributed by atoms with Gasteiger partial charge in [0.25, 0.3) is 5.91 Å². The van der Waals surface area contributed by atoms with Crippen molar-refractivity contribution in [1.82, 2.24) is 4.90 Å². The monoisotopic (exact) mass is 442 g/mol. The van der Waals surface area contributed by atoms with Crippen LogP contribution in [0.25, 0.3) is 0 Å². The fourth-order valence-corrected chi connectivity index (χ4v) is 4.65. The molecule has 2 aliphatic rings. The Bertz CT molecular complexity index is 989. The van der Waals surface area contributed by atoms with E-state index in [9.17, 15) is 18.8 Å². The number of rotatable bonds is 5. The van der Waals surface area contributed by atoms with Crippen molar-refractivity contribution in [1.29, 1.82) is 0 Å². The Morgan fingerprint density at radius 3 is 2.39 bits per heavy atom. The highest BCUT2D eigenvalue weighted by molar-refractivity contribution is 6.31. The molecule has 1 aliphatic heterocycles. The van der Waals surface area contributed by atoms with Crippen LogP contribution in [0.4, 0.5) is 10.1 Å². The molecule has 31 heavy (non-hydrogen) atoms. The first-order valence-electron chi connectivity index (χ1n) is 10.6. The predicted octanol–water partition coefficient (Wildman–Crippen LogP) is 4.72. The van der Waals surface area contributed by atoms with Gasteiger partial charge in [0.15, 0.2) is 0 Å². The second kappa shape index (κ2) is 9.18. The van der Waals surface area contributed by atoms with E-state index >= 15 is 0 Å². The van der Waals surface area contributed by atoms with E-state index in [-0.39, 0.29) is 24.8 Å². The molecule has 7 heteroatoms. The van der Waals surface area contributed by atoms with Crippen molar-refractivity contribution < 1.29 is 18.8 Å². The zero-order chi connectivity index (χ0) is 22.0. The standard InChI is InChI=1S/C24H24ClFN2O3/c25-20-9-5-4-8-17(20)15-27(23(30)16-6-2-1-3-7-16)21-14-22(29)28(24(21)31)19-12-10-18(26)11-13-19/h4-5,8-13,16,21H,1-3,6-7,14-15H2. The van der Waals surface area contributed by atoms with E-state index in [0.29, 0.717) is 10.7 Å². The van der Waals surface area contributed by atoms with Gasteiger partial charge in [-0.05, 0) is 48.7 Å². The first kappa shape index (κ1) is 21.5. The molecule has 2 aromatic rings. The molecule has 1 heterocycles. The maximum Gasteiger partial charge on any atom is 0.257 e. The summed E-state index contributed by atoms with van der Waals surface area (Å²) < 4.78 is 13.3. The predicted molar refractivity (Wildman–Crippen MR) is 116 cm³/mol. The summed E-state index contributed by atoms with van der Waals surface area (Å²) in [7, 11) is 0. The van der Waals surface area contributed by atoms with Crippen molar-refractivity contribution in [2.24, 2.45) is 5.92 Å². The number of amides is 3. The number of hydrogen-bond acceptors (Lipinski definition) is 3. The molecule has 1 saturated carbocycles. The molecule has 1 unspecified atom stereocenters. The third kappa shape index (κ3) is 4.49. The third-order valence-corrected chi connectivity index (χ3v) is 6.49. The van der Waals surface area contributed by atoms with Crippen LogP contribution in [0.5, 0.6) is 0 Å². The molecular formula is C24H24ClFN2O3. The van der Waals surface area contributed by atoms with Gasteiger partial charge in [0, 0.05) is 17.5 Å². The van der Waals surface area contributed by atoms with E-state index in [0.717, 1.165) is 42.6 Å². The van der Waals surface area contributed by atoms with E-state index in [2.05, 4.69) is 0 Å². The molecule has 1 aliphatic carbocycles. The van der Waals surface area contributed by atoms with Crippen molar-refractivity contribution in [2.45, 2.75) is 51.1 Å². The first-order valence-corrected chi connectivity index (χ1v) is 11.0. The van der Waals surface area contributed by atoms with Crippen LogP contribution in [0, 0.1) is 11.7 Å². The van der Waals surface area contributed by atoms with E-state index < -0.39 is 23.7 Å². The van der Waals surface area contributed by atoms with Gasteiger partial charge in [-0.3, -0.25) is 14.4 Å². The average Bonchev–Trinajstić information content (AvgIpc) is 3.07. The number of hydrogen-bond donors (Lipinski definition) is 0. The number of benzene rings is 2. The Balaban J connectivity index is 1.64. The largest absolute Gasteiger partial charge is 0.325 e. The molecule has 162 valence electrons. The minimum Gasteiger partial charge on any atom is -0.325 e. The quantitative estimate of drug-likeness (QED) is 0.629. The lowest BCUT2D eigenvalue weighted by atomic mass is 9.87. The Hall–Kier alpha value is -2.73. The highest BCUT2D eigenvalue weighted by atomic mass is 35.5. The van der Waals surface area contributed by atoms with Gasteiger partial charge in [-0.1, -0.05) is 49.1 Å². The van der Waals surface area contributed by atoms with Gasteiger partial charge in [0.05, 0.1) is 12.1 Å². The van der Waals surface area contributed by atoms with Crippen molar-refractivity contribution in [3.63, 3.8) is 0 Å². The minimum atomic E-state index is -0.900. The summed E-state index contributed by atoms with van der Waals surface area (Å²) in [6.45, 7) is 0.163. The smallest absolute Gasteiger partial charge is 0.257 e. The van der Waals surface area contributed by atoms with Crippen LogP contribution in [-0.4, -0.2) is 28.7 Å². The Morgan fingerprint density at radius 2 is 1.71 bits per heavy atom. The zero-order valence-corrected chi connectivity index (χ0v) is 17.9. The molecule has 2 aromatic carbocycles. The molecule has 2 fully saturated rings. The number of imide groups is 1. The van der Waals surface area contributed by atoms with Crippen LogP contribution in [-0.2, 0) is 20.9 Å². The second-order valence-corrected chi connectivity index (χ2v) is 8.56. The zero-order valence-electron chi connectivity index (χ0n) is 17.1. The van der Waals surface area contributed by atoms with Crippen LogP contribution in [0.3, 0.4) is 0 Å². The van der Waals surface area contributed by atoms with Crippen LogP contribution in [0.15, 0.2) is 48.5 Å². The maximum absolute atomic E-state index is 13.5. The van der Waals surface area contributed by atoms with Gasteiger partial charge in [-0.2, -0.15) is 0 Å². The summed E-state index contributed by atoms with van der Waals surface area (Å²) in [5.74, 6) is -1.58. The van der Waals surface area contributed by atoms with Gasteiger partial charge < -0.3 is 4.90 Å². The summed E-state index contributed by atoms with van der Waals surface area (Å²) in [4.78, 5) is 42.1. The molecule has 0 N–H and O–H groups in total. The summed E-state index contributed by atoms with van der Waals surface area (Å²) >= 11 is 6.33. The molecule has 4 rings (SSSR count). The van der Waals surface area contributed by atoms with Gasteiger partial charge >= 0.3 is 0 Å². The van der Waals surface area contributed by atoms with Crippen LogP contribution in [0.1, 0.15) is 44.1 Å². The van der Waals surface area contributed by atoms with Crippen molar-refractivity contribution in [2.75, 3.05) is 4.90 Å².